The van der Waals surface area contributed by atoms with Gasteiger partial charge in [-0.25, -0.2) is 0 Å². The minimum absolute atomic E-state index is 0.0816. The molecule has 2 fully saturated rings. The molecule has 0 radical (unpaired) electrons. The quantitative estimate of drug-likeness (QED) is 0.346. The lowest BCUT2D eigenvalue weighted by molar-refractivity contribution is -0.143. The fourth-order valence-corrected chi connectivity index (χ4v) is 6.06. The zero-order chi connectivity index (χ0) is 29.4. The molecule has 2 aromatic rings. The van der Waals surface area contributed by atoms with Gasteiger partial charge < -0.3 is 25.5 Å². The van der Waals surface area contributed by atoms with Crippen LogP contribution >= 0.6 is 23.2 Å². The molecule has 2 aliphatic rings. The number of carbonyl (C=O) groups is 3. The summed E-state index contributed by atoms with van der Waals surface area (Å²) >= 11 is 12.1. The molecule has 2 saturated heterocycles. The number of hydrogen-bond donors (Lipinski definition) is 3. The maximum Gasteiger partial charge on any atom is 0.306 e. The summed E-state index contributed by atoms with van der Waals surface area (Å²) in [5.74, 6) is -0.937. The van der Waals surface area contributed by atoms with E-state index < -0.39 is 12.0 Å². The van der Waals surface area contributed by atoms with Gasteiger partial charge in [-0.1, -0.05) is 60.5 Å². The van der Waals surface area contributed by atoms with Gasteiger partial charge in [-0.2, -0.15) is 0 Å². The van der Waals surface area contributed by atoms with Crippen molar-refractivity contribution in [3.8, 4) is 0 Å². The molecule has 0 aromatic heterocycles. The van der Waals surface area contributed by atoms with E-state index in [1.54, 1.807) is 18.2 Å². The second kappa shape index (κ2) is 15.0. The van der Waals surface area contributed by atoms with Crippen LogP contribution in [0.1, 0.15) is 60.9 Å². The number of hydrogen-bond acceptors (Lipinski definition) is 5. The molecular formula is C31H40Cl2N4O4. The van der Waals surface area contributed by atoms with E-state index in [0.717, 1.165) is 19.5 Å². The van der Waals surface area contributed by atoms with Crippen LogP contribution in [0.5, 0.6) is 0 Å². The lowest BCUT2D eigenvalue weighted by Gasteiger charge is -2.32. The fraction of sp³-hybridized carbons (Fsp3) is 0.516. The molecule has 3 atom stereocenters. The maximum atomic E-state index is 13.9. The molecule has 41 heavy (non-hydrogen) atoms. The highest BCUT2D eigenvalue weighted by Gasteiger charge is 2.33. The van der Waals surface area contributed by atoms with Crippen LogP contribution in [0.4, 0.5) is 0 Å². The Bertz CT molecular complexity index is 1190. The average molecular weight is 604 g/mol. The molecular weight excluding hydrogens is 563 g/mol. The summed E-state index contributed by atoms with van der Waals surface area (Å²) in [7, 11) is 0. The SMILES string of the molecule is CC[C@H](CN1CC[C@H](CNC(=O)c2ccc(Cl)c(Cl)c2)N[C@H](CCN2CCC(C(=O)O)CC2)C1=O)c1ccccc1. The number of rotatable bonds is 11. The number of halogens is 2. The van der Waals surface area contributed by atoms with Gasteiger partial charge in [0.25, 0.3) is 5.91 Å². The van der Waals surface area contributed by atoms with Gasteiger partial charge in [0, 0.05) is 43.7 Å². The van der Waals surface area contributed by atoms with Crippen molar-refractivity contribution in [2.24, 2.45) is 5.92 Å². The monoisotopic (exact) mass is 602 g/mol. The highest BCUT2D eigenvalue weighted by atomic mass is 35.5. The van der Waals surface area contributed by atoms with Crippen LogP contribution < -0.4 is 10.6 Å². The van der Waals surface area contributed by atoms with Gasteiger partial charge in [-0.05, 0) is 69.0 Å². The van der Waals surface area contributed by atoms with Crippen LogP contribution in [0, 0.1) is 5.92 Å². The Labute approximate surface area is 252 Å². The first-order valence-electron chi connectivity index (χ1n) is 14.5. The lowest BCUT2D eigenvalue weighted by Crippen LogP contribution is -2.50. The van der Waals surface area contributed by atoms with Crippen molar-refractivity contribution in [3.63, 3.8) is 0 Å². The summed E-state index contributed by atoms with van der Waals surface area (Å²) in [6.45, 7) is 5.91. The molecule has 2 aliphatic heterocycles. The average Bonchev–Trinajstić information content (AvgIpc) is 3.13. The summed E-state index contributed by atoms with van der Waals surface area (Å²) in [5, 5.41) is 16.6. The normalized spacial score (nSPS) is 21.3. The van der Waals surface area contributed by atoms with Crippen molar-refractivity contribution in [3.05, 3.63) is 69.7 Å². The molecule has 2 amide bonds. The van der Waals surface area contributed by atoms with E-state index in [1.165, 1.54) is 5.56 Å². The number of amides is 2. The van der Waals surface area contributed by atoms with E-state index in [1.807, 2.05) is 23.1 Å². The van der Waals surface area contributed by atoms with Crippen LogP contribution in [-0.4, -0.2) is 84.0 Å². The van der Waals surface area contributed by atoms with Crippen molar-refractivity contribution in [2.75, 3.05) is 39.3 Å². The minimum Gasteiger partial charge on any atom is -0.481 e. The molecule has 4 rings (SSSR count). The number of piperidine rings is 1. The Balaban J connectivity index is 1.42. The summed E-state index contributed by atoms with van der Waals surface area (Å²) in [4.78, 5) is 42.3. The first-order valence-corrected chi connectivity index (χ1v) is 15.3. The predicted molar refractivity (Wildman–Crippen MR) is 162 cm³/mol. The number of nitrogens with zero attached hydrogens (tertiary/aromatic N) is 2. The Hall–Kier alpha value is -2.65. The van der Waals surface area contributed by atoms with E-state index >= 15 is 0 Å². The van der Waals surface area contributed by atoms with Gasteiger partial charge in [0.1, 0.15) is 0 Å². The predicted octanol–water partition coefficient (Wildman–Crippen LogP) is 4.66. The molecule has 2 aromatic carbocycles. The molecule has 3 N–H and O–H groups in total. The van der Waals surface area contributed by atoms with Crippen molar-refractivity contribution >= 4 is 41.0 Å². The molecule has 0 spiro atoms. The number of aliphatic carboxylic acids is 1. The molecule has 8 nitrogen and oxygen atoms in total. The van der Waals surface area contributed by atoms with Gasteiger partial charge in [0.05, 0.1) is 22.0 Å². The Kier molecular flexibility index (Phi) is 11.5. The number of carboxylic acid groups (broad SMARTS) is 1. The summed E-state index contributed by atoms with van der Waals surface area (Å²) < 4.78 is 0. The van der Waals surface area contributed by atoms with Crippen molar-refractivity contribution in [1.82, 2.24) is 20.4 Å². The Morgan fingerprint density at radius 1 is 1.05 bits per heavy atom. The third kappa shape index (κ3) is 8.67. The van der Waals surface area contributed by atoms with Crippen LogP contribution in [0.25, 0.3) is 0 Å². The van der Waals surface area contributed by atoms with Gasteiger partial charge in [-0.3, -0.25) is 14.4 Å². The number of benzene rings is 2. The van der Waals surface area contributed by atoms with E-state index in [-0.39, 0.29) is 29.7 Å². The third-order valence-electron chi connectivity index (χ3n) is 8.36. The zero-order valence-corrected chi connectivity index (χ0v) is 25.0. The highest BCUT2D eigenvalue weighted by Crippen LogP contribution is 2.24. The van der Waals surface area contributed by atoms with Gasteiger partial charge in [-0.15, -0.1) is 0 Å². The largest absolute Gasteiger partial charge is 0.481 e. The van der Waals surface area contributed by atoms with E-state index in [4.69, 9.17) is 23.2 Å². The van der Waals surface area contributed by atoms with E-state index in [9.17, 15) is 19.5 Å². The maximum absolute atomic E-state index is 13.9. The molecule has 0 saturated carbocycles. The number of nitrogens with one attached hydrogen (secondary N) is 2. The second-order valence-corrected chi connectivity index (χ2v) is 11.9. The summed E-state index contributed by atoms with van der Waals surface area (Å²) in [5.41, 5.74) is 1.66. The number of likely N-dealkylation sites (tertiary alicyclic amines) is 1. The van der Waals surface area contributed by atoms with Crippen LogP contribution in [0.2, 0.25) is 10.0 Å². The molecule has 10 heteroatoms. The first-order chi connectivity index (χ1) is 19.7. The minimum atomic E-state index is -0.726. The first kappa shape index (κ1) is 31.3. The van der Waals surface area contributed by atoms with Gasteiger partial charge in [0.15, 0.2) is 0 Å². The summed E-state index contributed by atoms with van der Waals surface area (Å²) in [6.07, 6.45) is 3.51. The molecule has 222 valence electrons. The van der Waals surface area contributed by atoms with Crippen molar-refractivity contribution < 1.29 is 19.5 Å². The molecule has 0 unspecified atom stereocenters. The standard InChI is InChI=1S/C31H40Cl2N4O4/c1-2-21(22-6-4-3-5-7-22)20-37-17-12-25(19-34-29(38)24-8-9-26(32)27(33)18-24)35-28(30(37)39)13-16-36-14-10-23(11-15-36)31(40)41/h3-9,18,21,23,25,28,35H,2,10-17,19-20H2,1H3,(H,34,38)(H,40,41)/t21-,25-,28-/m1/s1. The number of carbonyl (C=O) groups excluding carboxylic acids is 2. The molecule has 2 heterocycles. The Morgan fingerprint density at radius 3 is 2.44 bits per heavy atom. The fourth-order valence-electron chi connectivity index (χ4n) is 5.76. The van der Waals surface area contributed by atoms with E-state index in [2.05, 4.69) is 34.6 Å². The van der Waals surface area contributed by atoms with Crippen LogP contribution in [0.3, 0.4) is 0 Å². The molecule has 0 aliphatic carbocycles. The second-order valence-electron chi connectivity index (χ2n) is 11.1. The number of carboxylic acids is 1. The van der Waals surface area contributed by atoms with Crippen molar-refractivity contribution in [2.45, 2.75) is 57.0 Å². The smallest absolute Gasteiger partial charge is 0.306 e. The topological polar surface area (TPSA) is 102 Å². The highest BCUT2D eigenvalue weighted by molar-refractivity contribution is 6.42. The van der Waals surface area contributed by atoms with Gasteiger partial charge in [0.2, 0.25) is 5.91 Å². The van der Waals surface area contributed by atoms with Crippen LogP contribution in [0.15, 0.2) is 48.5 Å². The lowest BCUT2D eigenvalue weighted by atomic mass is 9.95. The van der Waals surface area contributed by atoms with Crippen LogP contribution in [-0.2, 0) is 9.59 Å². The zero-order valence-electron chi connectivity index (χ0n) is 23.5. The third-order valence-corrected chi connectivity index (χ3v) is 9.10. The molecule has 0 bridgehead atoms. The Morgan fingerprint density at radius 2 is 1.78 bits per heavy atom. The van der Waals surface area contributed by atoms with E-state index in [0.29, 0.717) is 67.5 Å². The van der Waals surface area contributed by atoms with Crippen molar-refractivity contribution in [1.29, 1.82) is 0 Å². The summed E-state index contributed by atoms with van der Waals surface area (Å²) in [6, 6.07) is 14.6. The van der Waals surface area contributed by atoms with Gasteiger partial charge >= 0.3 is 5.97 Å².